The highest BCUT2D eigenvalue weighted by molar-refractivity contribution is 5.90. The van der Waals surface area contributed by atoms with Gasteiger partial charge in [-0.1, -0.05) is 24.3 Å². The van der Waals surface area contributed by atoms with Gasteiger partial charge >= 0.3 is 6.03 Å². The van der Waals surface area contributed by atoms with Gasteiger partial charge in [-0.3, -0.25) is 10.3 Å². The average molecular weight is 512 g/mol. The number of rotatable bonds is 9. The third-order valence-electron chi connectivity index (χ3n) is 6.76. The maximum Gasteiger partial charge on any atom is 0.320 e. The molecule has 0 aliphatic heterocycles. The Morgan fingerprint density at radius 3 is 2.58 bits per heavy atom. The third kappa shape index (κ3) is 5.70. The topological polar surface area (TPSA) is 90.3 Å². The molecule has 1 aliphatic carbocycles. The predicted octanol–water partition coefficient (Wildman–Crippen LogP) is 5.95. The molecule has 0 unspecified atom stereocenters. The molecule has 5 rings (SSSR count). The van der Waals surface area contributed by atoms with Crippen LogP contribution in [0.2, 0.25) is 0 Å². The molecular weight excluding hydrogens is 478 g/mol. The quantitative estimate of drug-likeness (QED) is 0.290. The van der Waals surface area contributed by atoms with Gasteiger partial charge < -0.3 is 14.8 Å². The van der Waals surface area contributed by atoms with Crippen LogP contribution in [0.25, 0.3) is 16.9 Å². The number of carbonyl (C=O) groups is 1. The number of hydrogen-bond donors (Lipinski definition) is 2. The highest BCUT2D eigenvalue weighted by Gasteiger charge is 2.22. The van der Waals surface area contributed by atoms with E-state index < -0.39 is 0 Å². The van der Waals surface area contributed by atoms with Crippen molar-refractivity contribution in [1.82, 2.24) is 20.1 Å². The normalized spacial score (nSPS) is 13.1. The molecule has 0 atom stereocenters. The number of nitrogens with zero attached hydrogens (tertiary/aromatic N) is 3. The van der Waals surface area contributed by atoms with Crippen molar-refractivity contribution in [2.45, 2.75) is 52.4 Å². The number of nitrogens with one attached hydrogen (secondary N) is 2. The summed E-state index contributed by atoms with van der Waals surface area (Å²) in [6.45, 7) is 4.72. The van der Waals surface area contributed by atoms with Crippen LogP contribution in [0.1, 0.15) is 41.6 Å². The van der Waals surface area contributed by atoms with E-state index in [1.807, 2.05) is 74.5 Å². The van der Waals surface area contributed by atoms with Crippen LogP contribution >= 0.6 is 0 Å². The molecule has 1 saturated carbocycles. The first-order chi connectivity index (χ1) is 18.5. The van der Waals surface area contributed by atoms with E-state index in [2.05, 4.69) is 15.6 Å². The number of benzene rings is 2. The Morgan fingerprint density at radius 1 is 1.08 bits per heavy atom. The number of urea groups is 1. The summed E-state index contributed by atoms with van der Waals surface area (Å²) in [5, 5.41) is 10.9. The molecule has 4 aromatic rings. The fourth-order valence-corrected chi connectivity index (χ4v) is 4.42. The Balaban J connectivity index is 1.38. The van der Waals surface area contributed by atoms with Gasteiger partial charge in [0.15, 0.2) is 0 Å². The van der Waals surface area contributed by atoms with Crippen molar-refractivity contribution in [1.29, 1.82) is 0 Å². The summed E-state index contributed by atoms with van der Waals surface area (Å²) < 4.78 is 13.2. The molecule has 0 spiro atoms. The van der Waals surface area contributed by atoms with Gasteiger partial charge in [-0.2, -0.15) is 5.10 Å². The fourth-order valence-electron chi connectivity index (χ4n) is 4.42. The number of aryl methyl sites for hydroxylation is 1. The summed E-state index contributed by atoms with van der Waals surface area (Å²) in [6.07, 6.45) is 5.37. The predicted molar refractivity (Wildman–Crippen MR) is 148 cm³/mol. The molecule has 2 aromatic heterocycles. The van der Waals surface area contributed by atoms with Gasteiger partial charge in [0.1, 0.15) is 11.6 Å². The van der Waals surface area contributed by atoms with Gasteiger partial charge in [-0.15, -0.1) is 0 Å². The molecule has 0 saturated heterocycles. The monoisotopic (exact) mass is 511 g/mol. The number of amides is 2. The van der Waals surface area contributed by atoms with Crippen LogP contribution in [-0.4, -0.2) is 34.0 Å². The highest BCUT2D eigenvalue weighted by atomic mass is 16.5. The average Bonchev–Trinajstić information content (AvgIpc) is 3.22. The van der Waals surface area contributed by atoms with Crippen LogP contribution < -0.4 is 15.4 Å². The van der Waals surface area contributed by atoms with Gasteiger partial charge in [-0.05, 0) is 75.1 Å². The van der Waals surface area contributed by atoms with Gasteiger partial charge in [0.25, 0.3) is 0 Å². The van der Waals surface area contributed by atoms with E-state index >= 15 is 0 Å². The lowest BCUT2D eigenvalue weighted by atomic mass is 9.96. The number of carbonyl (C=O) groups excluding carboxylic acids is 1. The Bertz CT molecular complexity index is 1400. The van der Waals surface area contributed by atoms with E-state index in [9.17, 15) is 4.79 Å². The van der Waals surface area contributed by atoms with Crippen molar-refractivity contribution in [3.8, 4) is 22.7 Å². The maximum absolute atomic E-state index is 13.2. The first-order valence-electron chi connectivity index (χ1n) is 12.9. The zero-order chi connectivity index (χ0) is 26.5. The Labute approximate surface area is 223 Å². The Hall–Kier alpha value is -4.17. The van der Waals surface area contributed by atoms with E-state index in [-0.39, 0.29) is 12.1 Å². The van der Waals surface area contributed by atoms with Crippen molar-refractivity contribution in [3.05, 3.63) is 89.2 Å². The summed E-state index contributed by atoms with van der Waals surface area (Å²) in [5.41, 5.74) is 6.23. The molecule has 2 heterocycles. The molecule has 8 nitrogen and oxygen atoms in total. The molecule has 196 valence electrons. The second-order valence-corrected chi connectivity index (χ2v) is 9.61. The molecule has 1 fully saturated rings. The second-order valence-electron chi connectivity index (χ2n) is 9.61. The lowest BCUT2D eigenvalue weighted by Crippen LogP contribution is -2.30. The number of ether oxygens (including phenoxy) is 2. The first-order valence-corrected chi connectivity index (χ1v) is 12.9. The summed E-state index contributed by atoms with van der Waals surface area (Å²) in [5.74, 6) is 1.40. The smallest absolute Gasteiger partial charge is 0.320 e. The van der Waals surface area contributed by atoms with E-state index in [0.29, 0.717) is 19.0 Å². The van der Waals surface area contributed by atoms with Crippen molar-refractivity contribution in [2.75, 3.05) is 12.4 Å². The Morgan fingerprint density at radius 2 is 1.89 bits per heavy atom. The molecule has 2 aromatic carbocycles. The molecule has 0 radical (unpaired) electrons. The Kier molecular flexibility index (Phi) is 7.70. The lowest BCUT2D eigenvalue weighted by Gasteiger charge is -2.27. The number of hydrogen-bond acceptors (Lipinski definition) is 5. The van der Waals surface area contributed by atoms with Crippen LogP contribution in [-0.2, 0) is 17.9 Å². The zero-order valence-electron chi connectivity index (χ0n) is 22.0. The summed E-state index contributed by atoms with van der Waals surface area (Å²) >= 11 is 0. The largest absolute Gasteiger partial charge is 0.490 e. The second kappa shape index (κ2) is 11.5. The number of methoxy groups -OCH3 is 1. The highest BCUT2D eigenvalue weighted by Crippen LogP contribution is 2.31. The molecule has 8 heteroatoms. The van der Waals surface area contributed by atoms with E-state index in [1.54, 1.807) is 18.0 Å². The van der Waals surface area contributed by atoms with Crippen LogP contribution in [0.15, 0.2) is 66.9 Å². The molecule has 2 amide bonds. The van der Waals surface area contributed by atoms with E-state index in [0.717, 1.165) is 57.9 Å². The number of para-hydroxylation sites is 1. The van der Waals surface area contributed by atoms with Crippen LogP contribution in [0, 0.1) is 13.8 Å². The van der Waals surface area contributed by atoms with E-state index in [1.165, 1.54) is 6.42 Å². The maximum atomic E-state index is 13.2. The van der Waals surface area contributed by atoms with Crippen molar-refractivity contribution >= 4 is 11.8 Å². The molecule has 2 N–H and O–H groups in total. The third-order valence-corrected chi connectivity index (χ3v) is 6.76. The van der Waals surface area contributed by atoms with E-state index in [4.69, 9.17) is 14.6 Å². The SMILES string of the molecule is COCc1ccc(OC2CCC2)c(CNC(=O)Nc2c(C)c(-c3ccc(C)nc3)nn2-c2ccccc2)c1. The number of anilines is 1. The summed E-state index contributed by atoms with van der Waals surface area (Å²) in [6, 6.07) is 19.4. The van der Waals surface area contributed by atoms with Crippen molar-refractivity contribution < 1.29 is 14.3 Å². The summed E-state index contributed by atoms with van der Waals surface area (Å²) in [7, 11) is 1.67. The standard InChI is InChI=1S/C30H33N5O3/c1-20-12-14-23(17-31-20)28-21(2)29(35(34-28)25-8-5-4-6-9-25)33-30(36)32-18-24-16-22(19-37-3)13-15-27(24)38-26-10-7-11-26/h4-6,8-9,12-17,26H,7,10-11,18-19H2,1-3H3,(H2,32,33,36). The van der Waals surface area contributed by atoms with Gasteiger partial charge in [0, 0.05) is 42.2 Å². The lowest BCUT2D eigenvalue weighted by molar-refractivity contribution is 0.119. The minimum absolute atomic E-state index is 0.244. The summed E-state index contributed by atoms with van der Waals surface area (Å²) in [4.78, 5) is 17.6. The van der Waals surface area contributed by atoms with Crippen molar-refractivity contribution in [3.63, 3.8) is 0 Å². The van der Waals surface area contributed by atoms with Crippen LogP contribution in [0.3, 0.4) is 0 Å². The van der Waals surface area contributed by atoms with Gasteiger partial charge in [0.05, 0.1) is 24.1 Å². The van der Waals surface area contributed by atoms with Crippen LogP contribution in [0.4, 0.5) is 10.6 Å². The number of aromatic nitrogens is 3. The van der Waals surface area contributed by atoms with Crippen molar-refractivity contribution in [2.24, 2.45) is 0 Å². The fraction of sp³-hybridized carbons (Fsp3) is 0.300. The first kappa shape index (κ1) is 25.5. The van der Waals surface area contributed by atoms with Gasteiger partial charge in [0.2, 0.25) is 0 Å². The van der Waals surface area contributed by atoms with Gasteiger partial charge in [-0.25, -0.2) is 9.48 Å². The minimum atomic E-state index is -0.328. The minimum Gasteiger partial charge on any atom is -0.490 e. The molecule has 0 bridgehead atoms. The van der Waals surface area contributed by atoms with Crippen LogP contribution in [0.5, 0.6) is 5.75 Å². The molecular formula is C30H33N5O3. The molecule has 38 heavy (non-hydrogen) atoms. The molecule has 1 aliphatic rings. The zero-order valence-corrected chi connectivity index (χ0v) is 22.0. The number of pyridine rings is 1.